The van der Waals surface area contributed by atoms with Crippen LogP contribution in [-0.4, -0.2) is 31.6 Å². The summed E-state index contributed by atoms with van der Waals surface area (Å²) in [5.74, 6) is -0.556. The van der Waals surface area contributed by atoms with E-state index in [1.165, 1.54) is 14.2 Å². The van der Waals surface area contributed by atoms with Gasteiger partial charge in [-0.2, -0.15) is 0 Å². The molecule has 1 aromatic rings. The zero-order chi connectivity index (χ0) is 17.6. The van der Waals surface area contributed by atoms with Crippen LogP contribution in [-0.2, 0) is 14.3 Å². The Morgan fingerprint density at radius 1 is 1.30 bits per heavy atom. The van der Waals surface area contributed by atoms with Crippen molar-refractivity contribution in [2.24, 2.45) is 5.92 Å². The Hall–Kier alpha value is -1.75. The third kappa shape index (κ3) is 4.16. The number of benzene rings is 1. The summed E-state index contributed by atoms with van der Waals surface area (Å²) in [6.45, 7) is 5.47. The quantitative estimate of drug-likeness (QED) is 0.611. The highest BCUT2D eigenvalue weighted by molar-refractivity contribution is 6.31. The molecular weight excluding hydrogens is 318 g/mol. The molecule has 1 aromatic carbocycles. The number of nitrogens with one attached hydrogen (secondary N) is 1. The van der Waals surface area contributed by atoms with Gasteiger partial charge in [0.1, 0.15) is 16.7 Å². The Kier molecular flexibility index (Phi) is 6.88. The van der Waals surface area contributed by atoms with Crippen LogP contribution >= 0.6 is 11.6 Å². The molecule has 1 rings (SSSR count). The van der Waals surface area contributed by atoms with Gasteiger partial charge in [0.05, 0.1) is 14.2 Å². The van der Waals surface area contributed by atoms with Crippen molar-refractivity contribution in [2.75, 3.05) is 14.2 Å². The van der Waals surface area contributed by atoms with Crippen molar-refractivity contribution >= 4 is 23.5 Å². The summed E-state index contributed by atoms with van der Waals surface area (Å²) < 4.78 is 10.1. The molecule has 3 unspecified atom stereocenters. The van der Waals surface area contributed by atoms with Crippen molar-refractivity contribution in [3.63, 3.8) is 0 Å². The summed E-state index contributed by atoms with van der Waals surface area (Å²) in [7, 11) is 2.81. The van der Waals surface area contributed by atoms with Crippen LogP contribution in [0, 0.1) is 5.92 Å². The van der Waals surface area contributed by atoms with Crippen LogP contribution in [0.5, 0.6) is 5.75 Å². The lowest BCUT2D eigenvalue weighted by Crippen LogP contribution is -2.57. The van der Waals surface area contributed by atoms with E-state index in [4.69, 9.17) is 21.1 Å². The van der Waals surface area contributed by atoms with Gasteiger partial charge in [-0.25, -0.2) is 4.79 Å². The first-order chi connectivity index (χ1) is 10.8. The maximum Gasteiger partial charge on any atom is 0.331 e. The number of para-hydroxylation sites is 1. The topological polar surface area (TPSA) is 64.6 Å². The lowest BCUT2D eigenvalue weighted by Gasteiger charge is -2.34. The van der Waals surface area contributed by atoms with Crippen LogP contribution in [0.2, 0.25) is 0 Å². The van der Waals surface area contributed by atoms with Gasteiger partial charge in [0, 0.05) is 5.56 Å². The van der Waals surface area contributed by atoms with Gasteiger partial charge in [0.25, 0.3) is 0 Å². The van der Waals surface area contributed by atoms with E-state index in [0.717, 1.165) is 0 Å². The van der Waals surface area contributed by atoms with Crippen LogP contribution in [0.3, 0.4) is 0 Å². The van der Waals surface area contributed by atoms with Gasteiger partial charge in [-0.1, -0.05) is 38.5 Å². The second-order valence-electron chi connectivity index (χ2n) is 5.60. The minimum atomic E-state index is -1.14. The largest absolute Gasteiger partial charge is 0.496 e. The first-order valence-electron chi connectivity index (χ1n) is 7.49. The van der Waals surface area contributed by atoms with E-state index in [-0.39, 0.29) is 5.92 Å². The average molecular weight is 342 g/mol. The molecule has 0 spiro atoms. The molecule has 0 aliphatic heterocycles. The molecule has 128 valence electrons. The van der Waals surface area contributed by atoms with Crippen molar-refractivity contribution in [3.8, 4) is 5.75 Å². The Labute approximate surface area is 142 Å². The summed E-state index contributed by atoms with van der Waals surface area (Å²) in [5, 5.41) is 1.77. The van der Waals surface area contributed by atoms with Crippen molar-refractivity contribution in [1.82, 2.24) is 5.32 Å². The van der Waals surface area contributed by atoms with Gasteiger partial charge in [0.15, 0.2) is 0 Å². The number of alkyl halides is 1. The van der Waals surface area contributed by atoms with Gasteiger partial charge in [-0.15, -0.1) is 11.6 Å². The molecule has 0 saturated heterocycles. The number of rotatable bonds is 7. The highest BCUT2D eigenvalue weighted by atomic mass is 35.5. The minimum Gasteiger partial charge on any atom is -0.496 e. The zero-order valence-electron chi connectivity index (χ0n) is 14.2. The van der Waals surface area contributed by atoms with Gasteiger partial charge in [-0.05, 0) is 18.9 Å². The molecule has 6 heteroatoms. The van der Waals surface area contributed by atoms with Crippen LogP contribution in [0.4, 0.5) is 0 Å². The minimum absolute atomic E-state index is 0.111. The Morgan fingerprint density at radius 3 is 2.43 bits per heavy atom. The Balaban J connectivity index is 3.05. The predicted molar refractivity (Wildman–Crippen MR) is 89.6 cm³/mol. The molecule has 3 atom stereocenters. The number of esters is 1. The summed E-state index contributed by atoms with van der Waals surface area (Å²) in [5.41, 5.74) is -0.596. The van der Waals surface area contributed by atoms with E-state index >= 15 is 0 Å². The molecule has 5 nitrogen and oxygen atoms in total. The van der Waals surface area contributed by atoms with Gasteiger partial charge < -0.3 is 14.8 Å². The number of hydrogen-bond donors (Lipinski definition) is 1. The molecule has 0 fully saturated rings. The van der Waals surface area contributed by atoms with E-state index in [9.17, 15) is 9.59 Å². The first-order valence-corrected chi connectivity index (χ1v) is 7.92. The highest BCUT2D eigenvalue weighted by Crippen LogP contribution is 2.31. The van der Waals surface area contributed by atoms with Crippen LogP contribution < -0.4 is 10.1 Å². The maximum absolute atomic E-state index is 12.6. The number of amides is 1. The van der Waals surface area contributed by atoms with Crippen LogP contribution in [0.15, 0.2) is 24.3 Å². The first kappa shape index (κ1) is 19.3. The van der Waals surface area contributed by atoms with E-state index in [1.54, 1.807) is 31.2 Å². The van der Waals surface area contributed by atoms with Crippen molar-refractivity contribution in [3.05, 3.63) is 29.8 Å². The Morgan fingerprint density at radius 2 is 1.91 bits per heavy atom. The lowest BCUT2D eigenvalue weighted by atomic mass is 9.84. The average Bonchev–Trinajstić information content (AvgIpc) is 2.58. The molecule has 1 amide bonds. The van der Waals surface area contributed by atoms with Gasteiger partial charge >= 0.3 is 5.97 Å². The summed E-state index contributed by atoms with van der Waals surface area (Å²) in [6, 6.07) is 7.01. The molecule has 23 heavy (non-hydrogen) atoms. The normalized spacial score (nSPS) is 15.9. The SMILES string of the molecule is CCC(C)C(C)(NC(=O)C(Cl)c1ccccc1OC)C(=O)OC. The van der Waals surface area contributed by atoms with Gasteiger partial charge in [0.2, 0.25) is 5.91 Å². The second kappa shape index (κ2) is 8.20. The number of carbonyl (C=O) groups excluding carboxylic acids is 2. The van der Waals surface area contributed by atoms with E-state index in [0.29, 0.717) is 17.7 Å². The molecule has 0 saturated carbocycles. The smallest absolute Gasteiger partial charge is 0.331 e. The molecule has 0 radical (unpaired) electrons. The third-order valence-electron chi connectivity index (χ3n) is 4.23. The van der Waals surface area contributed by atoms with Crippen molar-refractivity contribution in [2.45, 2.75) is 38.1 Å². The fraction of sp³-hybridized carbons (Fsp3) is 0.529. The number of ether oxygens (including phenoxy) is 2. The lowest BCUT2D eigenvalue weighted by molar-refractivity contribution is -0.152. The molecule has 0 aliphatic carbocycles. The fourth-order valence-electron chi connectivity index (χ4n) is 2.33. The molecular formula is C17H24ClNO4. The fourth-order valence-corrected chi connectivity index (χ4v) is 2.57. The predicted octanol–water partition coefficient (Wildman–Crippen LogP) is 3.07. The number of halogens is 1. The summed E-state index contributed by atoms with van der Waals surface area (Å²) in [4.78, 5) is 24.7. The van der Waals surface area contributed by atoms with Crippen LogP contribution in [0.25, 0.3) is 0 Å². The Bertz CT molecular complexity index is 563. The standard InChI is InChI=1S/C17H24ClNO4/c1-6-11(2)17(3,16(21)23-5)19-15(20)14(18)12-9-7-8-10-13(12)22-4/h7-11,14H,6H2,1-5H3,(H,19,20). The van der Waals surface area contributed by atoms with Gasteiger partial charge in [-0.3, -0.25) is 4.79 Å². The molecule has 0 aromatic heterocycles. The number of methoxy groups -OCH3 is 2. The highest BCUT2D eigenvalue weighted by Gasteiger charge is 2.42. The zero-order valence-corrected chi connectivity index (χ0v) is 14.9. The van der Waals surface area contributed by atoms with E-state index in [2.05, 4.69) is 5.32 Å². The number of hydrogen-bond acceptors (Lipinski definition) is 4. The molecule has 0 bridgehead atoms. The molecule has 0 aliphatic rings. The monoisotopic (exact) mass is 341 g/mol. The van der Waals surface area contributed by atoms with Crippen molar-refractivity contribution < 1.29 is 19.1 Å². The molecule has 0 heterocycles. The summed E-state index contributed by atoms with van der Waals surface area (Å²) in [6.07, 6.45) is 0.702. The molecule has 1 N–H and O–H groups in total. The third-order valence-corrected chi connectivity index (χ3v) is 4.67. The van der Waals surface area contributed by atoms with Crippen molar-refractivity contribution in [1.29, 1.82) is 0 Å². The second-order valence-corrected chi connectivity index (χ2v) is 6.03. The summed E-state index contributed by atoms with van der Waals surface area (Å²) >= 11 is 6.30. The number of carbonyl (C=O) groups is 2. The van der Waals surface area contributed by atoms with E-state index in [1.807, 2.05) is 13.8 Å². The van der Waals surface area contributed by atoms with Crippen LogP contribution in [0.1, 0.15) is 38.1 Å². The maximum atomic E-state index is 12.6. The van der Waals surface area contributed by atoms with E-state index < -0.39 is 22.8 Å².